The molecule has 9 heteroatoms. The van der Waals surface area contributed by atoms with Crippen LogP contribution in [-0.4, -0.2) is 50.2 Å². The third kappa shape index (κ3) is 4.04. The maximum atomic E-state index is 14.4. The van der Waals surface area contributed by atoms with Crippen LogP contribution in [-0.2, 0) is 7.05 Å². The normalized spacial score (nSPS) is 16.4. The van der Waals surface area contributed by atoms with E-state index in [-0.39, 0.29) is 11.6 Å². The van der Waals surface area contributed by atoms with E-state index in [0.29, 0.717) is 34.5 Å². The summed E-state index contributed by atoms with van der Waals surface area (Å²) in [6.07, 6.45) is 6.40. The minimum atomic E-state index is -0.488. The fraction of sp³-hybridized carbons (Fsp3) is 0.375. The van der Waals surface area contributed by atoms with Crippen molar-refractivity contribution in [1.82, 2.24) is 24.5 Å². The zero-order chi connectivity index (χ0) is 23.3. The van der Waals surface area contributed by atoms with Crippen LogP contribution >= 0.6 is 0 Å². The van der Waals surface area contributed by atoms with Crippen LogP contribution in [0.25, 0.3) is 16.6 Å². The van der Waals surface area contributed by atoms with Crippen LogP contribution in [0.3, 0.4) is 0 Å². The van der Waals surface area contributed by atoms with E-state index < -0.39 is 5.82 Å². The van der Waals surface area contributed by atoms with E-state index in [1.807, 2.05) is 19.3 Å². The maximum absolute atomic E-state index is 14.4. The van der Waals surface area contributed by atoms with Crippen molar-refractivity contribution in [2.45, 2.75) is 39.3 Å². The average Bonchev–Trinajstić information content (AvgIpc) is 3.44. The molecule has 1 aromatic carbocycles. The monoisotopic (exact) mass is 449 g/mol. The summed E-state index contributed by atoms with van der Waals surface area (Å²) in [5.74, 6) is -0.820. The molecule has 1 aliphatic rings. The molecule has 8 nitrogen and oxygen atoms in total. The standard InChI is InChI=1S/C24H28FN7O/c1-14(2)26-16-7-8-31(11-16)21-6-5-18(22-19(21)13-30(4)29-22)24(33)28-17-9-20(25)23-27-15(3)10-32(23)12-17/h5-6,9-10,12-14,16,26H,7-8,11H2,1-4H3,(H,28,33)/t16-/m1/s1. The summed E-state index contributed by atoms with van der Waals surface area (Å²) in [5, 5.41) is 11.9. The highest BCUT2D eigenvalue weighted by Crippen LogP contribution is 2.31. The Labute approximate surface area is 191 Å². The molecule has 1 fully saturated rings. The van der Waals surface area contributed by atoms with Gasteiger partial charge in [0.25, 0.3) is 5.91 Å². The fourth-order valence-electron chi connectivity index (χ4n) is 4.70. The molecule has 0 spiro atoms. The zero-order valence-corrected chi connectivity index (χ0v) is 19.3. The molecule has 0 unspecified atom stereocenters. The number of benzene rings is 1. The first-order valence-corrected chi connectivity index (χ1v) is 11.2. The van der Waals surface area contributed by atoms with E-state index in [1.54, 1.807) is 34.5 Å². The van der Waals surface area contributed by atoms with E-state index in [1.165, 1.54) is 6.07 Å². The average molecular weight is 450 g/mol. The molecule has 33 heavy (non-hydrogen) atoms. The number of hydrogen-bond acceptors (Lipinski definition) is 5. The van der Waals surface area contributed by atoms with Crippen LogP contribution < -0.4 is 15.5 Å². The predicted octanol–water partition coefficient (Wildman–Crippen LogP) is 3.50. The minimum Gasteiger partial charge on any atom is -0.369 e. The molecule has 4 heterocycles. The molecule has 1 saturated heterocycles. The van der Waals surface area contributed by atoms with Crippen molar-refractivity contribution in [3.63, 3.8) is 0 Å². The molecule has 0 aliphatic carbocycles. The number of carbonyl (C=O) groups excluding carboxylic acids is 1. The lowest BCUT2D eigenvalue weighted by molar-refractivity contribution is 0.102. The Morgan fingerprint density at radius 1 is 1.24 bits per heavy atom. The third-order valence-corrected chi connectivity index (χ3v) is 5.99. The molecule has 2 N–H and O–H groups in total. The van der Waals surface area contributed by atoms with Gasteiger partial charge < -0.3 is 19.9 Å². The number of pyridine rings is 1. The number of carbonyl (C=O) groups is 1. The predicted molar refractivity (Wildman–Crippen MR) is 127 cm³/mol. The van der Waals surface area contributed by atoms with Gasteiger partial charge in [0.05, 0.1) is 16.9 Å². The van der Waals surface area contributed by atoms with Crippen molar-refractivity contribution in [3.8, 4) is 0 Å². The first-order chi connectivity index (χ1) is 15.8. The molecule has 0 saturated carbocycles. The molecule has 3 aromatic heterocycles. The Morgan fingerprint density at radius 3 is 2.85 bits per heavy atom. The summed E-state index contributed by atoms with van der Waals surface area (Å²) in [6, 6.07) is 5.96. The number of imidazole rings is 1. The number of hydrogen-bond donors (Lipinski definition) is 2. The van der Waals surface area contributed by atoms with Gasteiger partial charge in [-0.1, -0.05) is 13.8 Å². The van der Waals surface area contributed by atoms with Crippen LogP contribution in [0.4, 0.5) is 15.8 Å². The number of nitrogens with one attached hydrogen (secondary N) is 2. The number of nitrogens with zero attached hydrogens (tertiary/aromatic N) is 5. The number of fused-ring (bicyclic) bond motifs is 2. The summed E-state index contributed by atoms with van der Waals surface area (Å²) < 4.78 is 17.7. The Balaban J connectivity index is 1.44. The number of halogens is 1. The molecular weight excluding hydrogens is 421 g/mol. The van der Waals surface area contributed by atoms with Gasteiger partial charge in [-0.15, -0.1) is 0 Å². The van der Waals surface area contributed by atoms with Crippen molar-refractivity contribution in [1.29, 1.82) is 0 Å². The lowest BCUT2D eigenvalue weighted by Gasteiger charge is -2.21. The number of aromatic nitrogens is 4. The molecule has 0 radical (unpaired) electrons. The van der Waals surface area contributed by atoms with Crippen molar-refractivity contribution in [2.24, 2.45) is 7.05 Å². The van der Waals surface area contributed by atoms with Gasteiger partial charge in [0.2, 0.25) is 0 Å². The maximum Gasteiger partial charge on any atom is 0.257 e. The third-order valence-electron chi connectivity index (χ3n) is 5.99. The Bertz CT molecular complexity index is 1360. The van der Waals surface area contributed by atoms with Crippen molar-refractivity contribution >= 4 is 33.8 Å². The van der Waals surface area contributed by atoms with Gasteiger partial charge in [-0.05, 0) is 25.5 Å². The topological polar surface area (TPSA) is 79.5 Å². The largest absolute Gasteiger partial charge is 0.369 e. The highest BCUT2D eigenvalue weighted by Gasteiger charge is 2.26. The summed E-state index contributed by atoms with van der Waals surface area (Å²) in [7, 11) is 1.85. The molecule has 4 aromatic rings. The van der Waals surface area contributed by atoms with Gasteiger partial charge >= 0.3 is 0 Å². The smallest absolute Gasteiger partial charge is 0.257 e. The quantitative estimate of drug-likeness (QED) is 0.488. The van der Waals surface area contributed by atoms with Gasteiger partial charge in [0, 0.05) is 68.0 Å². The van der Waals surface area contributed by atoms with Crippen molar-refractivity contribution in [2.75, 3.05) is 23.3 Å². The van der Waals surface area contributed by atoms with Crippen molar-refractivity contribution < 1.29 is 9.18 Å². The van der Waals surface area contributed by atoms with Gasteiger partial charge in [0.15, 0.2) is 11.5 Å². The molecule has 1 aliphatic heterocycles. The molecule has 1 atom stereocenters. The number of anilines is 2. The number of amides is 1. The Hall–Kier alpha value is -3.46. The van der Waals surface area contributed by atoms with E-state index >= 15 is 0 Å². The Kier molecular flexibility index (Phi) is 5.28. The summed E-state index contributed by atoms with van der Waals surface area (Å²) in [4.78, 5) is 19.7. The van der Waals surface area contributed by atoms with Crippen LogP contribution in [0.15, 0.2) is 36.8 Å². The first-order valence-electron chi connectivity index (χ1n) is 11.2. The fourth-order valence-corrected chi connectivity index (χ4v) is 4.70. The molecule has 0 bridgehead atoms. The van der Waals surface area contributed by atoms with Gasteiger partial charge in [-0.3, -0.25) is 9.48 Å². The highest BCUT2D eigenvalue weighted by molar-refractivity contribution is 6.13. The van der Waals surface area contributed by atoms with Crippen LogP contribution in [0.2, 0.25) is 0 Å². The minimum absolute atomic E-state index is 0.234. The molecule has 172 valence electrons. The molecule has 5 rings (SSSR count). The molecular formula is C24H28FN7O. The van der Waals surface area contributed by atoms with Gasteiger partial charge in [-0.25, -0.2) is 9.37 Å². The van der Waals surface area contributed by atoms with Crippen LogP contribution in [0.5, 0.6) is 0 Å². The van der Waals surface area contributed by atoms with E-state index in [9.17, 15) is 9.18 Å². The summed E-state index contributed by atoms with van der Waals surface area (Å²) in [6.45, 7) is 7.98. The van der Waals surface area contributed by atoms with E-state index in [2.05, 4.69) is 39.5 Å². The van der Waals surface area contributed by atoms with Crippen LogP contribution in [0.1, 0.15) is 36.3 Å². The van der Waals surface area contributed by atoms with E-state index in [4.69, 9.17) is 0 Å². The second-order valence-corrected chi connectivity index (χ2v) is 9.09. The lowest BCUT2D eigenvalue weighted by atomic mass is 10.1. The summed E-state index contributed by atoms with van der Waals surface area (Å²) in [5.41, 5.74) is 3.45. The first kappa shape index (κ1) is 21.4. The van der Waals surface area contributed by atoms with Gasteiger partial charge in [-0.2, -0.15) is 5.10 Å². The van der Waals surface area contributed by atoms with Crippen LogP contribution in [0, 0.1) is 12.7 Å². The van der Waals surface area contributed by atoms with Gasteiger partial charge in [0.1, 0.15) is 5.52 Å². The highest BCUT2D eigenvalue weighted by atomic mass is 19.1. The Morgan fingerprint density at radius 2 is 2.06 bits per heavy atom. The SMILES string of the molecule is Cc1cn2cc(NC(=O)c3ccc(N4CC[C@@H](NC(C)C)C4)c4cn(C)nc34)cc(F)c2n1. The number of aryl methyl sites for hydroxylation is 2. The molecule has 1 amide bonds. The van der Waals surface area contributed by atoms with E-state index in [0.717, 1.165) is 30.6 Å². The second-order valence-electron chi connectivity index (χ2n) is 9.09. The summed E-state index contributed by atoms with van der Waals surface area (Å²) >= 11 is 0. The number of rotatable bonds is 5. The second kappa shape index (κ2) is 8.15. The zero-order valence-electron chi connectivity index (χ0n) is 19.3. The lowest BCUT2D eigenvalue weighted by Crippen LogP contribution is -2.37. The van der Waals surface area contributed by atoms with Crippen molar-refractivity contribution in [3.05, 3.63) is 53.9 Å².